The molecule has 0 fully saturated rings. The second-order valence-corrected chi connectivity index (χ2v) is 6.27. The number of carbonyl (C=O) groups is 1. The first-order chi connectivity index (χ1) is 10.1. The lowest BCUT2D eigenvalue weighted by atomic mass is 10.0. The van der Waals surface area contributed by atoms with E-state index in [1.165, 1.54) is 25.7 Å². The standard InChI is InChI=1S/C17H27ClN2O/c1-14(2)8-5-3-4-6-11-19-13-17(21)20-16-10-7-9-15(18)12-16/h7,9-10,12,14,19H,3-6,8,11,13H2,1-2H3,(H,20,21). The zero-order valence-electron chi connectivity index (χ0n) is 13.1. The summed E-state index contributed by atoms with van der Waals surface area (Å²) in [4.78, 5) is 11.7. The van der Waals surface area contributed by atoms with Gasteiger partial charge in [0.2, 0.25) is 5.91 Å². The molecule has 0 aromatic heterocycles. The highest BCUT2D eigenvalue weighted by atomic mass is 35.5. The molecule has 21 heavy (non-hydrogen) atoms. The third kappa shape index (κ3) is 9.48. The van der Waals surface area contributed by atoms with Crippen molar-refractivity contribution in [1.82, 2.24) is 5.32 Å². The van der Waals surface area contributed by atoms with Crippen molar-refractivity contribution in [1.29, 1.82) is 0 Å². The van der Waals surface area contributed by atoms with E-state index in [2.05, 4.69) is 24.5 Å². The largest absolute Gasteiger partial charge is 0.325 e. The quantitative estimate of drug-likeness (QED) is 0.626. The lowest BCUT2D eigenvalue weighted by Crippen LogP contribution is -2.28. The van der Waals surface area contributed by atoms with Gasteiger partial charge in [0.1, 0.15) is 0 Å². The Morgan fingerprint density at radius 2 is 1.95 bits per heavy atom. The molecule has 0 bridgehead atoms. The Kier molecular flexibility index (Phi) is 9.11. The van der Waals surface area contributed by atoms with E-state index in [0.29, 0.717) is 11.6 Å². The fourth-order valence-electron chi connectivity index (χ4n) is 2.13. The highest BCUT2D eigenvalue weighted by Gasteiger charge is 2.02. The highest BCUT2D eigenvalue weighted by molar-refractivity contribution is 6.30. The summed E-state index contributed by atoms with van der Waals surface area (Å²) in [6.07, 6.45) is 6.27. The smallest absolute Gasteiger partial charge is 0.238 e. The number of halogens is 1. The summed E-state index contributed by atoms with van der Waals surface area (Å²) >= 11 is 5.87. The zero-order valence-corrected chi connectivity index (χ0v) is 13.9. The van der Waals surface area contributed by atoms with E-state index in [0.717, 1.165) is 24.6 Å². The summed E-state index contributed by atoms with van der Waals surface area (Å²) in [6.45, 7) is 5.77. The van der Waals surface area contributed by atoms with E-state index in [4.69, 9.17) is 11.6 Å². The van der Waals surface area contributed by atoms with Crippen LogP contribution in [0.25, 0.3) is 0 Å². The van der Waals surface area contributed by atoms with Crippen molar-refractivity contribution >= 4 is 23.2 Å². The summed E-state index contributed by atoms with van der Waals surface area (Å²) in [6, 6.07) is 7.18. The molecule has 1 rings (SSSR count). The number of hydrogen-bond donors (Lipinski definition) is 2. The second kappa shape index (κ2) is 10.6. The predicted octanol–water partition coefficient (Wildman–Crippen LogP) is 4.47. The molecule has 0 aliphatic carbocycles. The van der Waals surface area contributed by atoms with E-state index in [-0.39, 0.29) is 5.91 Å². The van der Waals surface area contributed by atoms with Gasteiger partial charge >= 0.3 is 0 Å². The Bertz CT molecular complexity index is 421. The molecule has 1 aromatic rings. The highest BCUT2D eigenvalue weighted by Crippen LogP contribution is 2.14. The first kappa shape index (κ1) is 18.0. The predicted molar refractivity (Wildman–Crippen MR) is 90.9 cm³/mol. The van der Waals surface area contributed by atoms with Gasteiger partial charge in [-0.15, -0.1) is 0 Å². The van der Waals surface area contributed by atoms with Gasteiger partial charge in [-0.05, 0) is 37.1 Å². The van der Waals surface area contributed by atoms with Gasteiger partial charge in [0.15, 0.2) is 0 Å². The zero-order chi connectivity index (χ0) is 15.5. The van der Waals surface area contributed by atoms with Crippen LogP contribution in [0.15, 0.2) is 24.3 Å². The maximum absolute atomic E-state index is 11.7. The Balaban J connectivity index is 2.01. The Morgan fingerprint density at radius 3 is 2.67 bits per heavy atom. The minimum absolute atomic E-state index is 0.0305. The molecule has 0 spiro atoms. The minimum atomic E-state index is -0.0305. The second-order valence-electron chi connectivity index (χ2n) is 5.83. The van der Waals surface area contributed by atoms with Crippen LogP contribution in [0.2, 0.25) is 5.02 Å². The van der Waals surface area contributed by atoms with E-state index >= 15 is 0 Å². The number of benzene rings is 1. The lowest BCUT2D eigenvalue weighted by Gasteiger charge is -2.07. The van der Waals surface area contributed by atoms with Crippen molar-refractivity contribution in [2.24, 2.45) is 5.92 Å². The van der Waals surface area contributed by atoms with Crippen molar-refractivity contribution in [3.05, 3.63) is 29.3 Å². The fourth-order valence-corrected chi connectivity index (χ4v) is 2.32. The van der Waals surface area contributed by atoms with Crippen LogP contribution in [0.5, 0.6) is 0 Å². The molecule has 1 aromatic carbocycles. The first-order valence-electron chi connectivity index (χ1n) is 7.84. The van der Waals surface area contributed by atoms with Gasteiger partial charge in [-0.3, -0.25) is 4.79 Å². The van der Waals surface area contributed by atoms with Gasteiger partial charge in [0.25, 0.3) is 0 Å². The number of unbranched alkanes of at least 4 members (excludes halogenated alkanes) is 3. The van der Waals surface area contributed by atoms with Gasteiger partial charge < -0.3 is 10.6 Å². The number of carbonyl (C=O) groups excluding carboxylic acids is 1. The lowest BCUT2D eigenvalue weighted by molar-refractivity contribution is -0.115. The van der Waals surface area contributed by atoms with Crippen LogP contribution >= 0.6 is 11.6 Å². The van der Waals surface area contributed by atoms with E-state index < -0.39 is 0 Å². The molecule has 0 radical (unpaired) electrons. The molecule has 4 heteroatoms. The monoisotopic (exact) mass is 310 g/mol. The van der Waals surface area contributed by atoms with Crippen LogP contribution in [0.4, 0.5) is 5.69 Å². The molecular formula is C17H27ClN2O. The first-order valence-corrected chi connectivity index (χ1v) is 8.22. The van der Waals surface area contributed by atoms with Crippen LogP contribution in [0.3, 0.4) is 0 Å². The van der Waals surface area contributed by atoms with Crippen LogP contribution in [-0.4, -0.2) is 19.0 Å². The number of nitrogens with one attached hydrogen (secondary N) is 2. The SMILES string of the molecule is CC(C)CCCCCCNCC(=O)Nc1cccc(Cl)c1. The van der Waals surface area contributed by atoms with Crippen molar-refractivity contribution in [3.63, 3.8) is 0 Å². The molecule has 0 saturated heterocycles. The maximum atomic E-state index is 11.7. The van der Waals surface area contributed by atoms with E-state index in [9.17, 15) is 4.79 Å². The minimum Gasteiger partial charge on any atom is -0.325 e. The molecule has 3 nitrogen and oxygen atoms in total. The van der Waals surface area contributed by atoms with Gasteiger partial charge in [0, 0.05) is 10.7 Å². The molecular weight excluding hydrogens is 284 g/mol. The summed E-state index contributed by atoms with van der Waals surface area (Å²) in [5.74, 6) is 0.774. The molecule has 0 aliphatic heterocycles. The van der Waals surface area contributed by atoms with Gasteiger partial charge in [-0.1, -0.05) is 57.2 Å². The van der Waals surface area contributed by atoms with Crippen LogP contribution in [0, 0.1) is 5.92 Å². The molecule has 0 heterocycles. The Hall–Kier alpha value is -1.06. The average molecular weight is 311 g/mol. The van der Waals surface area contributed by atoms with Crippen LogP contribution < -0.4 is 10.6 Å². The van der Waals surface area contributed by atoms with Crippen molar-refractivity contribution in [2.45, 2.75) is 46.0 Å². The third-order valence-corrected chi connectivity index (χ3v) is 3.51. The average Bonchev–Trinajstić information content (AvgIpc) is 2.41. The normalized spacial score (nSPS) is 10.9. The summed E-state index contributed by atoms with van der Waals surface area (Å²) < 4.78 is 0. The van der Waals surface area contributed by atoms with E-state index in [1.54, 1.807) is 12.1 Å². The third-order valence-electron chi connectivity index (χ3n) is 3.28. The summed E-state index contributed by atoms with van der Waals surface area (Å²) in [5.41, 5.74) is 0.739. The molecule has 0 saturated carbocycles. The van der Waals surface area contributed by atoms with Gasteiger partial charge in [-0.25, -0.2) is 0 Å². The molecule has 0 atom stereocenters. The fraction of sp³-hybridized carbons (Fsp3) is 0.588. The molecule has 0 aliphatic rings. The van der Waals surface area contributed by atoms with Crippen molar-refractivity contribution in [2.75, 3.05) is 18.4 Å². The Labute approximate surface area is 133 Å². The van der Waals surface area contributed by atoms with Crippen molar-refractivity contribution < 1.29 is 4.79 Å². The number of hydrogen-bond acceptors (Lipinski definition) is 2. The molecule has 0 unspecified atom stereocenters. The van der Waals surface area contributed by atoms with Crippen LogP contribution in [-0.2, 0) is 4.79 Å². The topological polar surface area (TPSA) is 41.1 Å². The molecule has 2 N–H and O–H groups in total. The number of anilines is 1. The van der Waals surface area contributed by atoms with Gasteiger partial charge in [-0.2, -0.15) is 0 Å². The summed E-state index contributed by atoms with van der Waals surface area (Å²) in [5, 5.41) is 6.62. The van der Waals surface area contributed by atoms with Crippen LogP contribution in [0.1, 0.15) is 46.0 Å². The maximum Gasteiger partial charge on any atom is 0.238 e. The number of rotatable bonds is 10. The molecule has 1 amide bonds. The Morgan fingerprint density at radius 1 is 1.19 bits per heavy atom. The van der Waals surface area contributed by atoms with Crippen molar-refractivity contribution in [3.8, 4) is 0 Å². The van der Waals surface area contributed by atoms with E-state index in [1.807, 2.05) is 12.1 Å². The molecule has 118 valence electrons. The number of amides is 1. The van der Waals surface area contributed by atoms with Gasteiger partial charge in [0.05, 0.1) is 6.54 Å². The summed E-state index contributed by atoms with van der Waals surface area (Å²) in [7, 11) is 0.